The van der Waals surface area contributed by atoms with Crippen molar-refractivity contribution in [3.8, 4) is 17.2 Å². The number of methoxy groups -OCH3 is 1. The monoisotopic (exact) mass is 895 g/mol. The fourth-order valence-electron chi connectivity index (χ4n) is 9.21. The molecule has 5 heterocycles. The van der Waals surface area contributed by atoms with Gasteiger partial charge in [0.15, 0.2) is 5.75 Å². The third-order valence-electron chi connectivity index (χ3n) is 13.4. The summed E-state index contributed by atoms with van der Waals surface area (Å²) in [6.45, 7) is 16.5. The quantitative estimate of drug-likeness (QED) is 0.117. The van der Waals surface area contributed by atoms with Gasteiger partial charge in [-0.15, -0.1) is 0 Å². The molecule has 0 saturated carbocycles. The third kappa shape index (κ3) is 8.79. The number of hydrogen-bond acceptors (Lipinski definition) is 14. The number of anilines is 1. The van der Waals surface area contributed by atoms with Gasteiger partial charge in [-0.25, -0.2) is 4.98 Å². The van der Waals surface area contributed by atoms with Crippen LogP contribution in [0.15, 0.2) is 60.7 Å². The minimum atomic E-state index is -1.98. The van der Waals surface area contributed by atoms with Crippen LogP contribution in [-0.2, 0) is 23.8 Å². The lowest BCUT2D eigenvalue weighted by Crippen LogP contribution is -2.46. The Kier molecular flexibility index (Phi) is 13.4. The summed E-state index contributed by atoms with van der Waals surface area (Å²) < 4.78 is 25.7. The highest BCUT2D eigenvalue weighted by molar-refractivity contribution is 6.28. The molecule has 0 unspecified atom stereocenters. The molecule has 16 heteroatoms. The third-order valence-corrected chi connectivity index (χ3v) is 13.4. The Bertz CT molecular complexity index is 2640. The number of imidazole rings is 1. The molecule has 2 aromatic heterocycles. The second-order valence-corrected chi connectivity index (χ2v) is 18.0. The van der Waals surface area contributed by atoms with E-state index in [2.05, 4.69) is 22.2 Å². The van der Waals surface area contributed by atoms with E-state index in [9.17, 15) is 34.8 Å². The number of nitrogens with one attached hydrogen (secondary N) is 1. The van der Waals surface area contributed by atoms with Crippen molar-refractivity contribution < 1.29 is 53.8 Å². The van der Waals surface area contributed by atoms with Crippen molar-refractivity contribution in [3.05, 3.63) is 77.4 Å². The number of hydrogen-bond donors (Lipinski definition) is 5. The van der Waals surface area contributed by atoms with Gasteiger partial charge in [0.25, 0.3) is 11.7 Å². The van der Waals surface area contributed by atoms with Crippen LogP contribution in [0.3, 0.4) is 0 Å². The Hall–Kier alpha value is -5.94. The van der Waals surface area contributed by atoms with Crippen molar-refractivity contribution in [2.24, 2.45) is 23.7 Å². The molecule has 348 valence electrons. The Balaban J connectivity index is 1.41. The second kappa shape index (κ2) is 18.5. The smallest absolute Gasteiger partial charge is 0.312 e. The van der Waals surface area contributed by atoms with Crippen molar-refractivity contribution in [2.45, 2.75) is 85.6 Å². The molecule has 7 rings (SSSR count). The number of rotatable bonds is 4. The number of allylic oxidation sites excluding steroid dienone is 2. The molecule has 4 bridgehead atoms. The number of benzene rings is 2. The molecular formula is C49H61N5O11. The van der Waals surface area contributed by atoms with Gasteiger partial charge >= 0.3 is 11.8 Å². The van der Waals surface area contributed by atoms with Crippen LogP contribution in [0.2, 0.25) is 0 Å². The van der Waals surface area contributed by atoms with Crippen molar-refractivity contribution in [1.82, 2.24) is 19.2 Å². The number of ether oxygens (including phenoxy) is 4. The van der Waals surface area contributed by atoms with Crippen molar-refractivity contribution in [2.75, 3.05) is 45.7 Å². The van der Waals surface area contributed by atoms with E-state index in [0.29, 0.717) is 5.65 Å². The van der Waals surface area contributed by atoms with Gasteiger partial charge < -0.3 is 54.5 Å². The normalized spacial score (nSPS) is 30.4. The Labute approximate surface area is 378 Å². The molecule has 16 nitrogen and oxygen atoms in total. The van der Waals surface area contributed by atoms with E-state index in [0.717, 1.165) is 31.7 Å². The summed E-state index contributed by atoms with van der Waals surface area (Å²) in [5.41, 5.74) is 2.07. The first-order chi connectivity index (χ1) is 30.8. The highest BCUT2D eigenvalue weighted by atomic mass is 16.7. The Morgan fingerprint density at radius 1 is 0.985 bits per heavy atom. The van der Waals surface area contributed by atoms with Gasteiger partial charge in [-0.1, -0.05) is 45.9 Å². The Morgan fingerprint density at radius 3 is 2.37 bits per heavy atom. The number of fused-ring (bicyclic) bond motifs is 2. The van der Waals surface area contributed by atoms with Gasteiger partial charge in [-0.3, -0.25) is 18.8 Å². The molecule has 0 aliphatic carbocycles. The number of aromatic nitrogens is 2. The van der Waals surface area contributed by atoms with Crippen LogP contribution in [0, 0.1) is 30.6 Å². The number of aromatic hydroxyl groups is 2. The van der Waals surface area contributed by atoms with Crippen molar-refractivity contribution in [1.29, 1.82) is 0 Å². The molecule has 2 aromatic carbocycles. The number of aliphatic hydroxyl groups excluding tert-OH is 2. The summed E-state index contributed by atoms with van der Waals surface area (Å²) >= 11 is 0. The average molecular weight is 896 g/mol. The summed E-state index contributed by atoms with van der Waals surface area (Å²) in [6.07, 6.45) is 9.70. The zero-order chi connectivity index (χ0) is 47.2. The number of piperazine rings is 1. The van der Waals surface area contributed by atoms with Crippen LogP contribution < -0.4 is 10.1 Å². The number of carbonyl (C=O) groups is 3. The summed E-state index contributed by atoms with van der Waals surface area (Å²) in [4.78, 5) is 50.8. The lowest BCUT2D eigenvalue weighted by molar-refractivity contribution is -0.160. The molecule has 1 fully saturated rings. The highest BCUT2D eigenvalue weighted by Crippen LogP contribution is 2.54. The molecule has 0 radical (unpaired) electrons. The van der Waals surface area contributed by atoms with Crippen LogP contribution in [0.4, 0.5) is 5.69 Å². The maximum atomic E-state index is 14.8. The molecule has 0 spiro atoms. The number of nitrogens with zero attached hydrogens (tertiary/aromatic N) is 4. The molecule has 5 N–H and O–H groups in total. The zero-order valence-corrected chi connectivity index (χ0v) is 38.7. The van der Waals surface area contributed by atoms with Crippen molar-refractivity contribution >= 4 is 56.9 Å². The van der Waals surface area contributed by atoms with Gasteiger partial charge in [-0.05, 0) is 56.9 Å². The van der Waals surface area contributed by atoms with E-state index in [1.807, 2.05) is 24.4 Å². The number of amides is 1. The molecule has 1 saturated heterocycles. The largest absolute Gasteiger partial charge is 0.507 e. The zero-order valence-electron chi connectivity index (χ0n) is 38.7. The number of Topliss-reactive ketones (excluding diaryl/α,β-unsaturated/α-hetero) is 1. The first-order valence-electron chi connectivity index (χ1n) is 22.1. The van der Waals surface area contributed by atoms with E-state index in [1.54, 1.807) is 76.4 Å². The lowest BCUT2D eigenvalue weighted by Gasteiger charge is -2.38. The number of phenols is 2. The summed E-state index contributed by atoms with van der Waals surface area (Å²) in [5, 5.41) is 50.0. The molecular weight excluding hydrogens is 835 g/mol. The first kappa shape index (κ1) is 47.0. The van der Waals surface area contributed by atoms with Crippen LogP contribution in [0.5, 0.6) is 17.2 Å². The minimum absolute atomic E-state index is 0.0125. The second-order valence-electron chi connectivity index (χ2n) is 18.0. The topological polar surface area (TPSA) is 205 Å². The molecule has 3 aliphatic rings. The van der Waals surface area contributed by atoms with Crippen LogP contribution in [0.1, 0.15) is 70.0 Å². The SMILES string of the molecule is CO[C@H]1/C=C/O[C@@]2(C)Oc3c(C)c(O)c4c(O)c(c5c(nc6cc(/C=C/N7CCN(C)CC7)ccn65)c4c3C2=O)NC(=O)/C(C)=C\C=C\[C@H](C)[C@H](O)[C@@H](C)[C@@H](O)[C@@H](C)[C@H](OC(C)=O)[C@@H]1C. The molecule has 1 amide bonds. The van der Waals surface area contributed by atoms with Gasteiger partial charge in [-0.2, -0.15) is 0 Å². The molecule has 65 heavy (non-hydrogen) atoms. The van der Waals surface area contributed by atoms with E-state index in [-0.39, 0.29) is 49.9 Å². The summed E-state index contributed by atoms with van der Waals surface area (Å²) in [6, 6.07) is 3.73. The van der Waals surface area contributed by atoms with Gasteiger partial charge in [0, 0.05) is 93.5 Å². The van der Waals surface area contributed by atoms with Crippen molar-refractivity contribution in [3.63, 3.8) is 0 Å². The average Bonchev–Trinajstić information content (AvgIpc) is 3.78. The van der Waals surface area contributed by atoms with E-state index in [4.69, 9.17) is 23.9 Å². The van der Waals surface area contributed by atoms with Gasteiger partial charge in [0.05, 0.1) is 35.5 Å². The predicted molar refractivity (Wildman–Crippen MR) is 247 cm³/mol. The van der Waals surface area contributed by atoms with Crippen LogP contribution in [0.25, 0.3) is 33.5 Å². The number of esters is 1. The molecule has 9 atom stereocenters. The van der Waals surface area contributed by atoms with Crippen LogP contribution >= 0.6 is 0 Å². The number of pyridine rings is 1. The fraction of sp³-hybridized carbons (Fsp3) is 0.469. The minimum Gasteiger partial charge on any atom is -0.507 e. The maximum Gasteiger partial charge on any atom is 0.312 e. The summed E-state index contributed by atoms with van der Waals surface area (Å²) in [7, 11) is 3.56. The predicted octanol–water partition coefficient (Wildman–Crippen LogP) is 6.07. The maximum absolute atomic E-state index is 14.8. The Morgan fingerprint density at radius 2 is 1.69 bits per heavy atom. The lowest BCUT2D eigenvalue weighted by atomic mass is 9.78. The number of carbonyl (C=O) groups excluding carboxylic acids is 3. The van der Waals surface area contributed by atoms with E-state index >= 15 is 0 Å². The highest BCUT2D eigenvalue weighted by Gasteiger charge is 2.50. The standard InChI is InChI=1S/C49H61N5O11/c1-25-12-11-13-26(2)48(61)51-39-40-38(50-34-24-32(15-18-54(34)40)14-17-53-21-19-52(9)20-22-53)35-36(44(39)59)43(58)30(6)46-37(35)47(60)49(8,65-46)63-23-16-33(62-10)27(3)45(64-31(7)55)29(5)42(57)28(4)41(25)56/h11-18,23-25,27-29,33,41-42,45,56-59H,19-22H2,1-10H3,(H,51,61)/b12-11+,17-14+,23-16+,26-13-/t25-,27+,28+,29+,33-,41-,42+,45+,49-/m0/s1. The molecule has 4 aromatic rings. The van der Waals surface area contributed by atoms with Crippen LogP contribution in [-0.4, -0.2) is 128 Å². The van der Waals surface area contributed by atoms with E-state index < -0.39 is 83.0 Å². The fourth-order valence-corrected chi connectivity index (χ4v) is 9.21. The number of likely N-dealkylation sites (N-methyl/N-ethyl adjacent to an activating group) is 1. The van der Waals surface area contributed by atoms with Gasteiger partial charge in [0.2, 0.25) is 0 Å². The first-order valence-corrected chi connectivity index (χ1v) is 22.1. The number of phenolic OH excluding ortho intramolecular Hbond substituents is 2. The summed E-state index contributed by atoms with van der Waals surface area (Å²) in [5.74, 6) is -7.05. The number of aliphatic hydroxyl groups is 2. The van der Waals surface area contributed by atoms with Gasteiger partial charge in [0.1, 0.15) is 40.0 Å². The number of ketones is 1. The van der Waals surface area contributed by atoms with E-state index in [1.165, 1.54) is 27.2 Å². The molecule has 3 aliphatic heterocycles.